The Bertz CT molecular complexity index is 120. The van der Waals surface area contributed by atoms with Crippen LogP contribution >= 0.6 is 0 Å². The van der Waals surface area contributed by atoms with Crippen LogP contribution in [0.25, 0.3) is 0 Å². The van der Waals surface area contributed by atoms with E-state index >= 15 is 0 Å². The molecule has 0 aliphatic heterocycles. The van der Waals surface area contributed by atoms with Crippen molar-refractivity contribution in [2.45, 2.75) is 47.5 Å². The lowest BCUT2D eigenvalue weighted by Crippen LogP contribution is -1.96. The van der Waals surface area contributed by atoms with Crippen LogP contribution in [0.15, 0.2) is 11.1 Å². The summed E-state index contributed by atoms with van der Waals surface area (Å²) in [6.45, 7) is 11.3. The van der Waals surface area contributed by atoms with Crippen LogP contribution < -0.4 is 0 Å². The zero-order chi connectivity index (χ0) is 8.15. The Kier molecular flexibility index (Phi) is 4.42. The first kappa shape index (κ1) is 9.74. The quantitative estimate of drug-likeness (QED) is 0.523. The lowest BCUT2D eigenvalue weighted by atomic mass is 9.95. The van der Waals surface area contributed by atoms with E-state index in [-0.39, 0.29) is 0 Å². The SMILES string of the molecule is CCC(C)=C(C)C(C)CC. The summed E-state index contributed by atoms with van der Waals surface area (Å²) in [6, 6.07) is 0. The molecule has 1 unspecified atom stereocenters. The second-order valence-electron chi connectivity index (χ2n) is 3.13. The minimum Gasteiger partial charge on any atom is -0.0744 e. The molecule has 0 rings (SSSR count). The molecule has 0 aromatic rings. The zero-order valence-electron chi connectivity index (χ0n) is 7.99. The third-order valence-corrected chi connectivity index (χ3v) is 2.56. The highest BCUT2D eigenvalue weighted by atomic mass is 14.1. The number of hydrogen-bond donors (Lipinski definition) is 0. The Balaban J connectivity index is 4.15. The fourth-order valence-electron chi connectivity index (χ4n) is 1.01. The van der Waals surface area contributed by atoms with Crippen LogP contribution in [0.3, 0.4) is 0 Å². The molecule has 0 radical (unpaired) electrons. The molecule has 1 atom stereocenters. The predicted octanol–water partition coefficient (Wildman–Crippen LogP) is 3.78. The van der Waals surface area contributed by atoms with Gasteiger partial charge in [0.1, 0.15) is 0 Å². The maximum absolute atomic E-state index is 2.30. The number of rotatable bonds is 3. The van der Waals surface area contributed by atoms with E-state index in [0.29, 0.717) is 0 Å². The first-order valence-electron chi connectivity index (χ1n) is 4.29. The summed E-state index contributed by atoms with van der Waals surface area (Å²) in [4.78, 5) is 0. The van der Waals surface area contributed by atoms with Gasteiger partial charge in [-0.3, -0.25) is 0 Å². The minimum absolute atomic E-state index is 0.778. The molecular formula is C10H20. The van der Waals surface area contributed by atoms with Crippen molar-refractivity contribution < 1.29 is 0 Å². The first-order chi connectivity index (χ1) is 4.63. The third-order valence-electron chi connectivity index (χ3n) is 2.56. The maximum Gasteiger partial charge on any atom is -0.0234 e. The molecule has 0 saturated heterocycles. The lowest BCUT2D eigenvalue weighted by molar-refractivity contribution is 0.644. The van der Waals surface area contributed by atoms with Crippen molar-refractivity contribution in [2.75, 3.05) is 0 Å². The Hall–Kier alpha value is -0.260. The molecule has 0 nitrogen and oxygen atoms in total. The Morgan fingerprint density at radius 1 is 1.20 bits per heavy atom. The van der Waals surface area contributed by atoms with E-state index in [1.807, 2.05) is 0 Å². The molecule has 0 heterocycles. The van der Waals surface area contributed by atoms with E-state index in [1.54, 1.807) is 11.1 Å². The molecule has 0 heteroatoms. The van der Waals surface area contributed by atoms with E-state index in [9.17, 15) is 0 Å². The van der Waals surface area contributed by atoms with Crippen molar-refractivity contribution in [1.82, 2.24) is 0 Å². The second kappa shape index (κ2) is 4.54. The van der Waals surface area contributed by atoms with Crippen LogP contribution in [0.2, 0.25) is 0 Å². The largest absolute Gasteiger partial charge is 0.0744 e. The molecule has 0 saturated carbocycles. The summed E-state index contributed by atoms with van der Waals surface area (Å²) < 4.78 is 0. The molecule has 60 valence electrons. The Morgan fingerprint density at radius 2 is 1.70 bits per heavy atom. The average molecular weight is 140 g/mol. The van der Waals surface area contributed by atoms with Gasteiger partial charge in [0.05, 0.1) is 0 Å². The van der Waals surface area contributed by atoms with Gasteiger partial charge >= 0.3 is 0 Å². The van der Waals surface area contributed by atoms with Gasteiger partial charge in [-0.15, -0.1) is 0 Å². The van der Waals surface area contributed by atoms with Gasteiger partial charge in [-0.2, -0.15) is 0 Å². The van der Waals surface area contributed by atoms with Gasteiger partial charge in [0, 0.05) is 0 Å². The molecule has 0 aliphatic carbocycles. The van der Waals surface area contributed by atoms with Crippen molar-refractivity contribution in [2.24, 2.45) is 5.92 Å². The summed E-state index contributed by atoms with van der Waals surface area (Å²) in [6.07, 6.45) is 2.47. The average Bonchev–Trinajstić information content (AvgIpc) is 2.00. The summed E-state index contributed by atoms with van der Waals surface area (Å²) >= 11 is 0. The molecule has 0 aliphatic rings. The van der Waals surface area contributed by atoms with Crippen LogP contribution in [0.4, 0.5) is 0 Å². The molecule has 0 bridgehead atoms. The van der Waals surface area contributed by atoms with E-state index in [2.05, 4.69) is 34.6 Å². The minimum atomic E-state index is 0.778. The van der Waals surface area contributed by atoms with Gasteiger partial charge in [0.15, 0.2) is 0 Å². The molecular weight excluding hydrogens is 120 g/mol. The van der Waals surface area contributed by atoms with Crippen molar-refractivity contribution >= 4 is 0 Å². The van der Waals surface area contributed by atoms with Crippen LogP contribution in [-0.2, 0) is 0 Å². The summed E-state index contributed by atoms with van der Waals surface area (Å²) in [5, 5.41) is 0. The standard InChI is InChI=1S/C10H20/c1-6-8(3)10(5)9(4)7-2/h8H,6-7H2,1-5H3. The molecule has 0 fully saturated rings. The van der Waals surface area contributed by atoms with Gasteiger partial charge < -0.3 is 0 Å². The van der Waals surface area contributed by atoms with Crippen molar-refractivity contribution in [1.29, 1.82) is 0 Å². The Morgan fingerprint density at radius 3 is 2.00 bits per heavy atom. The van der Waals surface area contributed by atoms with Crippen LogP contribution in [-0.4, -0.2) is 0 Å². The number of hydrogen-bond acceptors (Lipinski definition) is 0. The smallest absolute Gasteiger partial charge is 0.0234 e. The Labute approximate surface area is 65.3 Å². The fourth-order valence-corrected chi connectivity index (χ4v) is 1.01. The van der Waals surface area contributed by atoms with Gasteiger partial charge in [0.25, 0.3) is 0 Å². The molecule has 0 amide bonds. The van der Waals surface area contributed by atoms with Gasteiger partial charge in [0.2, 0.25) is 0 Å². The van der Waals surface area contributed by atoms with Gasteiger partial charge in [-0.05, 0) is 32.6 Å². The molecule has 0 aromatic carbocycles. The van der Waals surface area contributed by atoms with Gasteiger partial charge in [-0.1, -0.05) is 31.9 Å². The molecule has 0 spiro atoms. The molecule has 10 heavy (non-hydrogen) atoms. The topological polar surface area (TPSA) is 0 Å². The molecule has 0 aromatic heterocycles. The van der Waals surface area contributed by atoms with Gasteiger partial charge in [-0.25, -0.2) is 0 Å². The summed E-state index contributed by atoms with van der Waals surface area (Å²) in [5.41, 5.74) is 3.15. The van der Waals surface area contributed by atoms with E-state index in [1.165, 1.54) is 12.8 Å². The van der Waals surface area contributed by atoms with Crippen LogP contribution in [0.1, 0.15) is 47.5 Å². The fraction of sp³-hybridized carbons (Fsp3) is 0.800. The lowest BCUT2D eigenvalue weighted by Gasteiger charge is -2.12. The predicted molar refractivity (Wildman–Crippen MR) is 48.1 cm³/mol. The highest BCUT2D eigenvalue weighted by Gasteiger charge is 2.02. The summed E-state index contributed by atoms with van der Waals surface area (Å²) in [5.74, 6) is 0.778. The normalized spacial score (nSPS) is 16.5. The second-order valence-corrected chi connectivity index (χ2v) is 3.13. The first-order valence-corrected chi connectivity index (χ1v) is 4.29. The van der Waals surface area contributed by atoms with E-state index < -0.39 is 0 Å². The van der Waals surface area contributed by atoms with E-state index in [0.717, 1.165) is 5.92 Å². The third kappa shape index (κ3) is 2.55. The highest BCUT2D eigenvalue weighted by molar-refractivity contribution is 5.11. The van der Waals surface area contributed by atoms with Crippen molar-refractivity contribution in [3.63, 3.8) is 0 Å². The maximum atomic E-state index is 2.30. The molecule has 0 N–H and O–H groups in total. The van der Waals surface area contributed by atoms with Crippen molar-refractivity contribution in [3.8, 4) is 0 Å². The van der Waals surface area contributed by atoms with Crippen LogP contribution in [0.5, 0.6) is 0 Å². The van der Waals surface area contributed by atoms with E-state index in [4.69, 9.17) is 0 Å². The summed E-state index contributed by atoms with van der Waals surface area (Å²) in [7, 11) is 0. The zero-order valence-corrected chi connectivity index (χ0v) is 7.99. The monoisotopic (exact) mass is 140 g/mol. The highest BCUT2D eigenvalue weighted by Crippen LogP contribution is 2.18. The van der Waals surface area contributed by atoms with Crippen molar-refractivity contribution in [3.05, 3.63) is 11.1 Å². The number of allylic oxidation sites excluding steroid dienone is 2. The van der Waals surface area contributed by atoms with Crippen LogP contribution in [0, 0.1) is 5.92 Å².